The van der Waals surface area contributed by atoms with E-state index >= 15 is 0 Å². The second-order valence-electron chi connectivity index (χ2n) is 8.52. The van der Waals surface area contributed by atoms with Crippen molar-refractivity contribution in [1.29, 1.82) is 0 Å². The van der Waals surface area contributed by atoms with Crippen LogP contribution in [0, 0.1) is 5.82 Å². The predicted molar refractivity (Wildman–Crippen MR) is 136 cm³/mol. The van der Waals surface area contributed by atoms with Gasteiger partial charge in [0.05, 0.1) is 18.2 Å². The van der Waals surface area contributed by atoms with Gasteiger partial charge in [-0.3, -0.25) is 9.55 Å². The van der Waals surface area contributed by atoms with Crippen LogP contribution in [0.5, 0.6) is 0 Å². The standard InChI is InChI=1S/C24H24FN7O4S/c1-31(10-14-4-2-5-15(25)8-14)21-18-22(28-12-27-21)32(13-29-18)23-20(34)19(33)17(36-23)11-35-24(37)30-16-6-3-7-26-9-16/h2-9,12-13,17,19-20,23,33-34H,10-11H2,1H3,(H,30,37)/t17-,19-,20-,23-/m1/s1. The highest BCUT2D eigenvalue weighted by Gasteiger charge is 2.45. The van der Waals surface area contributed by atoms with Crippen LogP contribution in [0.15, 0.2) is 61.4 Å². The van der Waals surface area contributed by atoms with E-state index in [4.69, 9.17) is 21.7 Å². The maximum absolute atomic E-state index is 13.6. The number of anilines is 2. The number of pyridine rings is 1. The van der Waals surface area contributed by atoms with Crippen LogP contribution in [0.3, 0.4) is 0 Å². The van der Waals surface area contributed by atoms with E-state index < -0.39 is 24.5 Å². The third kappa shape index (κ3) is 5.34. The summed E-state index contributed by atoms with van der Waals surface area (Å²) in [6.45, 7) is 0.300. The third-order valence-electron chi connectivity index (χ3n) is 5.91. The summed E-state index contributed by atoms with van der Waals surface area (Å²) in [4.78, 5) is 18.9. The summed E-state index contributed by atoms with van der Waals surface area (Å²) >= 11 is 5.19. The van der Waals surface area contributed by atoms with Crippen molar-refractivity contribution in [2.75, 3.05) is 23.9 Å². The Kier molecular flexibility index (Phi) is 7.19. The molecular weight excluding hydrogens is 501 g/mol. The van der Waals surface area contributed by atoms with Crippen LogP contribution >= 0.6 is 12.2 Å². The van der Waals surface area contributed by atoms with Gasteiger partial charge in [0.2, 0.25) is 0 Å². The molecule has 1 fully saturated rings. The minimum Gasteiger partial charge on any atom is -0.468 e. The van der Waals surface area contributed by atoms with Crippen molar-refractivity contribution in [3.8, 4) is 0 Å². The Balaban J connectivity index is 1.29. The number of halogens is 1. The summed E-state index contributed by atoms with van der Waals surface area (Å²) in [5, 5.41) is 24.3. The highest BCUT2D eigenvalue weighted by Crippen LogP contribution is 2.33. The summed E-state index contributed by atoms with van der Waals surface area (Å²) in [7, 11) is 1.81. The second kappa shape index (κ2) is 10.7. The smallest absolute Gasteiger partial charge is 0.261 e. The van der Waals surface area contributed by atoms with Crippen molar-refractivity contribution >= 4 is 40.1 Å². The predicted octanol–water partition coefficient (Wildman–Crippen LogP) is 2.03. The number of benzene rings is 1. The van der Waals surface area contributed by atoms with Gasteiger partial charge >= 0.3 is 0 Å². The number of hydrogen-bond acceptors (Lipinski definition) is 10. The Morgan fingerprint density at radius 1 is 1.22 bits per heavy atom. The maximum Gasteiger partial charge on any atom is 0.261 e. The molecule has 0 bridgehead atoms. The van der Waals surface area contributed by atoms with Crippen molar-refractivity contribution < 1.29 is 24.1 Å². The first-order valence-electron chi connectivity index (χ1n) is 11.4. The Morgan fingerprint density at radius 3 is 2.86 bits per heavy atom. The number of rotatable bonds is 7. The number of fused-ring (bicyclic) bond motifs is 1. The molecule has 13 heteroatoms. The molecule has 0 radical (unpaired) electrons. The summed E-state index contributed by atoms with van der Waals surface area (Å²) < 4.78 is 26.6. The average Bonchev–Trinajstić information content (AvgIpc) is 3.44. The Hall–Kier alpha value is -3.78. The van der Waals surface area contributed by atoms with Crippen molar-refractivity contribution in [2.24, 2.45) is 0 Å². The summed E-state index contributed by atoms with van der Waals surface area (Å²) in [6.07, 6.45) is 1.74. The van der Waals surface area contributed by atoms with E-state index in [9.17, 15) is 14.6 Å². The van der Waals surface area contributed by atoms with Gasteiger partial charge in [-0.1, -0.05) is 12.1 Å². The molecule has 1 aliphatic rings. The first-order chi connectivity index (χ1) is 17.9. The van der Waals surface area contributed by atoms with Crippen LogP contribution in [0.25, 0.3) is 11.2 Å². The minimum absolute atomic E-state index is 0.0773. The zero-order valence-electron chi connectivity index (χ0n) is 19.7. The van der Waals surface area contributed by atoms with Gasteiger partial charge in [0.1, 0.15) is 37.1 Å². The number of nitrogens with zero attached hydrogens (tertiary/aromatic N) is 6. The molecule has 192 valence electrons. The van der Waals surface area contributed by atoms with Crippen molar-refractivity contribution in [3.05, 3.63) is 72.8 Å². The van der Waals surface area contributed by atoms with Crippen molar-refractivity contribution in [2.45, 2.75) is 31.1 Å². The number of aromatic nitrogens is 5. The van der Waals surface area contributed by atoms with E-state index in [1.165, 1.54) is 29.4 Å². The maximum atomic E-state index is 13.6. The molecule has 37 heavy (non-hydrogen) atoms. The molecule has 0 unspecified atom stereocenters. The van der Waals surface area contributed by atoms with E-state index in [0.29, 0.717) is 29.2 Å². The zero-order chi connectivity index (χ0) is 25.9. The molecule has 0 saturated carbocycles. The molecule has 11 nitrogen and oxygen atoms in total. The van der Waals surface area contributed by atoms with E-state index in [0.717, 1.165) is 5.56 Å². The molecule has 0 amide bonds. The van der Waals surface area contributed by atoms with E-state index in [1.54, 1.807) is 30.6 Å². The molecular formula is C24H24FN7O4S. The van der Waals surface area contributed by atoms with E-state index in [-0.39, 0.29) is 17.6 Å². The molecule has 1 aliphatic heterocycles. The average molecular weight is 526 g/mol. The summed E-state index contributed by atoms with van der Waals surface area (Å²) in [5.74, 6) is 0.203. The quantitative estimate of drug-likeness (QED) is 0.306. The first-order valence-corrected chi connectivity index (χ1v) is 11.8. The molecule has 1 saturated heterocycles. The number of aliphatic hydroxyl groups is 2. The molecule has 3 aromatic heterocycles. The Morgan fingerprint density at radius 2 is 2.08 bits per heavy atom. The van der Waals surface area contributed by atoms with Crippen LogP contribution in [0.1, 0.15) is 11.8 Å². The number of ether oxygens (including phenoxy) is 2. The zero-order valence-corrected chi connectivity index (χ0v) is 20.5. The molecule has 4 atom stereocenters. The van der Waals surface area contributed by atoms with Crippen LogP contribution < -0.4 is 10.2 Å². The normalized spacial score (nSPS) is 21.2. The van der Waals surface area contributed by atoms with Gasteiger partial charge in [-0.05, 0) is 42.0 Å². The Bertz CT molecular complexity index is 1390. The molecule has 0 aliphatic carbocycles. The molecule has 1 aromatic carbocycles. The van der Waals surface area contributed by atoms with Crippen LogP contribution in [-0.4, -0.2) is 71.9 Å². The van der Waals surface area contributed by atoms with Gasteiger partial charge in [-0.15, -0.1) is 0 Å². The second-order valence-corrected chi connectivity index (χ2v) is 8.89. The lowest BCUT2D eigenvalue weighted by molar-refractivity contribution is -0.0486. The van der Waals surface area contributed by atoms with Gasteiger partial charge in [-0.25, -0.2) is 19.3 Å². The SMILES string of the molecule is CN(Cc1cccc(F)c1)c1ncnc2c1ncn2[C@@H]1O[C@H](COC(=S)Nc2cccnc2)[C@@H](O)[C@H]1O. The number of thiocarbonyl (C=S) groups is 1. The van der Waals surface area contributed by atoms with E-state index in [2.05, 4.69) is 25.3 Å². The molecule has 4 aromatic rings. The topological polar surface area (TPSA) is 131 Å². The lowest BCUT2D eigenvalue weighted by Gasteiger charge is -2.19. The van der Waals surface area contributed by atoms with Gasteiger partial charge < -0.3 is 29.9 Å². The fourth-order valence-electron chi connectivity index (χ4n) is 4.13. The number of aliphatic hydroxyl groups excluding tert-OH is 2. The summed E-state index contributed by atoms with van der Waals surface area (Å²) in [6, 6.07) is 9.84. The largest absolute Gasteiger partial charge is 0.468 e. The van der Waals surface area contributed by atoms with Crippen LogP contribution in [0.4, 0.5) is 15.9 Å². The van der Waals surface area contributed by atoms with Crippen molar-refractivity contribution in [1.82, 2.24) is 24.5 Å². The van der Waals surface area contributed by atoms with Crippen molar-refractivity contribution in [3.63, 3.8) is 0 Å². The number of imidazole rings is 1. The molecule has 5 rings (SSSR count). The van der Waals surface area contributed by atoms with Gasteiger partial charge in [-0.2, -0.15) is 0 Å². The fourth-order valence-corrected chi connectivity index (χ4v) is 4.32. The van der Waals surface area contributed by atoms with Gasteiger partial charge in [0, 0.05) is 19.8 Å². The van der Waals surface area contributed by atoms with Gasteiger partial charge in [0.25, 0.3) is 5.17 Å². The monoisotopic (exact) mass is 525 g/mol. The van der Waals surface area contributed by atoms with E-state index in [1.807, 2.05) is 18.0 Å². The lowest BCUT2D eigenvalue weighted by atomic mass is 10.1. The highest BCUT2D eigenvalue weighted by molar-refractivity contribution is 7.80. The number of hydrogen-bond donors (Lipinski definition) is 3. The molecule has 4 heterocycles. The third-order valence-corrected chi connectivity index (χ3v) is 6.13. The lowest BCUT2D eigenvalue weighted by Crippen LogP contribution is -2.34. The Labute approximate surface area is 216 Å². The fraction of sp³-hybridized carbons (Fsp3) is 0.292. The molecule has 0 spiro atoms. The number of nitrogens with one attached hydrogen (secondary N) is 1. The van der Waals surface area contributed by atoms with Gasteiger partial charge in [0.15, 0.2) is 23.2 Å². The molecule has 3 N–H and O–H groups in total. The van der Waals surface area contributed by atoms with Crippen LogP contribution in [0.2, 0.25) is 0 Å². The van der Waals surface area contributed by atoms with Crippen LogP contribution in [-0.2, 0) is 16.0 Å². The minimum atomic E-state index is -1.27. The highest BCUT2D eigenvalue weighted by atomic mass is 32.1. The first kappa shape index (κ1) is 24.9. The summed E-state index contributed by atoms with van der Waals surface area (Å²) in [5.41, 5.74) is 2.29.